The maximum atomic E-state index is 14.1. The summed E-state index contributed by atoms with van der Waals surface area (Å²) in [5.74, 6) is -0.786. The lowest BCUT2D eigenvalue weighted by molar-refractivity contribution is 0.0549. The van der Waals surface area contributed by atoms with E-state index in [9.17, 15) is 14.3 Å². The van der Waals surface area contributed by atoms with Gasteiger partial charge in [0.1, 0.15) is 5.82 Å². The van der Waals surface area contributed by atoms with Crippen molar-refractivity contribution in [3.63, 3.8) is 0 Å². The van der Waals surface area contributed by atoms with E-state index in [0.717, 1.165) is 16.8 Å². The van der Waals surface area contributed by atoms with Gasteiger partial charge in [0, 0.05) is 24.7 Å². The summed E-state index contributed by atoms with van der Waals surface area (Å²) in [7, 11) is 1.81. The number of imidazole rings is 1. The molecule has 0 saturated carbocycles. The van der Waals surface area contributed by atoms with Gasteiger partial charge in [-0.1, -0.05) is 24.3 Å². The van der Waals surface area contributed by atoms with Crippen molar-refractivity contribution in [1.82, 2.24) is 14.5 Å². The zero-order chi connectivity index (χ0) is 18.3. The Kier molecular flexibility index (Phi) is 4.05. The molecule has 0 saturated heterocycles. The fourth-order valence-corrected chi connectivity index (χ4v) is 3.41. The summed E-state index contributed by atoms with van der Waals surface area (Å²) in [6, 6.07) is 11.8. The van der Waals surface area contributed by atoms with Gasteiger partial charge in [-0.05, 0) is 29.3 Å². The molecule has 0 radical (unpaired) electrons. The third-order valence-corrected chi connectivity index (χ3v) is 4.71. The molecule has 26 heavy (non-hydrogen) atoms. The summed E-state index contributed by atoms with van der Waals surface area (Å²) >= 11 is 0. The normalized spacial score (nSPS) is 16.4. The van der Waals surface area contributed by atoms with Gasteiger partial charge in [-0.3, -0.25) is 4.79 Å². The van der Waals surface area contributed by atoms with Crippen LogP contribution in [0.2, 0.25) is 0 Å². The number of aromatic nitrogens is 2. The number of benzene rings is 2. The number of β-amino-alcohol motifs (C(OH)–C–C–N with tert-alkyl or cyclic N) is 1. The first-order valence-electron chi connectivity index (χ1n) is 8.35. The minimum Gasteiger partial charge on any atom is -0.387 e. The van der Waals surface area contributed by atoms with Crippen LogP contribution < -0.4 is 0 Å². The summed E-state index contributed by atoms with van der Waals surface area (Å²) < 4.78 is 15.9. The Balaban J connectivity index is 1.67. The quantitative estimate of drug-likeness (QED) is 0.772. The lowest BCUT2D eigenvalue weighted by Crippen LogP contribution is -2.38. The molecule has 1 aliphatic heterocycles. The van der Waals surface area contributed by atoms with E-state index in [1.54, 1.807) is 28.1 Å². The SMILES string of the molecule is Cn1cncc1-c1cc(F)cc(C(=O)N2Cc3ccccc3C(O)C2)c1. The molecule has 6 heteroatoms. The third kappa shape index (κ3) is 2.88. The number of nitrogens with zero attached hydrogens (tertiary/aromatic N) is 3. The van der Waals surface area contributed by atoms with Crippen molar-refractivity contribution in [3.05, 3.63) is 77.5 Å². The van der Waals surface area contributed by atoms with E-state index in [0.29, 0.717) is 12.1 Å². The highest BCUT2D eigenvalue weighted by atomic mass is 19.1. The third-order valence-electron chi connectivity index (χ3n) is 4.71. The van der Waals surface area contributed by atoms with Crippen LogP contribution in [0.3, 0.4) is 0 Å². The van der Waals surface area contributed by atoms with Gasteiger partial charge >= 0.3 is 0 Å². The van der Waals surface area contributed by atoms with Gasteiger partial charge in [-0.2, -0.15) is 0 Å². The van der Waals surface area contributed by atoms with Crippen LogP contribution in [-0.2, 0) is 13.6 Å². The summed E-state index contributed by atoms with van der Waals surface area (Å²) in [6.45, 7) is 0.580. The highest BCUT2D eigenvalue weighted by Crippen LogP contribution is 2.28. The molecule has 5 nitrogen and oxygen atoms in total. The van der Waals surface area contributed by atoms with Crippen LogP contribution in [0.5, 0.6) is 0 Å². The minimum absolute atomic E-state index is 0.188. The van der Waals surface area contributed by atoms with Crippen LogP contribution in [0.4, 0.5) is 4.39 Å². The van der Waals surface area contributed by atoms with E-state index in [1.165, 1.54) is 12.1 Å². The zero-order valence-electron chi connectivity index (χ0n) is 14.3. The van der Waals surface area contributed by atoms with Crippen molar-refractivity contribution in [2.75, 3.05) is 6.54 Å². The van der Waals surface area contributed by atoms with Gasteiger partial charge in [0.25, 0.3) is 5.91 Å². The monoisotopic (exact) mass is 351 g/mol. The molecule has 2 aromatic carbocycles. The first-order valence-corrected chi connectivity index (χ1v) is 8.35. The number of hydrogen-bond donors (Lipinski definition) is 1. The lowest BCUT2D eigenvalue weighted by Gasteiger charge is -2.32. The molecule has 0 fully saturated rings. The summed E-state index contributed by atoms with van der Waals surface area (Å²) in [5, 5.41) is 10.3. The van der Waals surface area contributed by atoms with Crippen LogP contribution in [0, 0.1) is 5.82 Å². The number of aliphatic hydroxyl groups is 1. The van der Waals surface area contributed by atoms with E-state index in [-0.39, 0.29) is 18.0 Å². The molecule has 0 aliphatic carbocycles. The maximum absolute atomic E-state index is 14.1. The van der Waals surface area contributed by atoms with Crippen molar-refractivity contribution in [2.45, 2.75) is 12.6 Å². The molecule has 1 atom stereocenters. The van der Waals surface area contributed by atoms with Crippen LogP contribution in [0.1, 0.15) is 27.6 Å². The molecule has 2 heterocycles. The number of fused-ring (bicyclic) bond motifs is 1. The van der Waals surface area contributed by atoms with Gasteiger partial charge in [-0.25, -0.2) is 9.37 Å². The number of amides is 1. The van der Waals surface area contributed by atoms with Gasteiger partial charge < -0.3 is 14.6 Å². The largest absolute Gasteiger partial charge is 0.387 e. The summed E-state index contributed by atoms with van der Waals surface area (Å²) in [5.41, 5.74) is 3.32. The topological polar surface area (TPSA) is 58.4 Å². The molecule has 132 valence electrons. The minimum atomic E-state index is -0.742. The van der Waals surface area contributed by atoms with Crippen molar-refractivity contribution in [1.29, 1.82) is 0 Å². The predicted octanol–water partition coefficient (Wildman–Crippen LogP) is 2.92. The Morgan fingerprint density at radius 1 is 1.27 bits per heavy atom. The van der Waals surface area contributed by atoms with E-state index < -0.39 is 11.9 Å². The van der Waals surface area contributed by atoms with Gasteiger partial charge in [0.05, 0.1) is 30.9 Å². The number of aliphatic hydroxyl groups excluding tert-OH is 1. The Morgan fingerprint density at radius 3 is 2.85 bits per heavy atom. The Morgan fingerprint density at radius 2 is 2.08 bits per heavy atom. The second-order valence-corrected chi connectivity index (χ2v) is 6.52. The Labute approximate surface area is 150 Å². The number of aryl methyl sites for hydroxylation is 1. The predicted molar refractivity (Wildman–Crippen MR) is 94.7 cm³/mol. The molecule has 0 bridgehead atoms. The second-order valence-electron chi connectivity index (χ2n) is 6.52. The molecular weight excluding hydrogens is 333 g/mol. The molecule has 4 rings (SSSR count). The fourth-order valence-electron chi connectivity index (χ4n) is 3.41. The van der Waals surface area contributed by atoms with Crippen LogP contribution in [0.25, 0.3) is 11.3 Å². The smallest absolute Gasteiger partial charge is 0.254 e. The number of halogens is 1. The zero-order valence-corrected chi connectivity index (χ0v) is 14.3. The fraction of sp³-hybridized carbons (Fsp3) is 0.200. The molecule has 1 aromatic heterocycles. The van der Waals surface area contributed by atoms with Crippen molar-refractivity contribution in [3.8, 4) is 11.3 Å². The summed E-state index contributed by atoms with van der Waals surface area (Å²) in [6.07, 6.45) is 2.51. The standard InChI is InChI=1S/C20H18FN3O2/c1-23-12-22-9-18(23)14-6-15(8-16(21)7-14)20(26)24-10-13-4-2-3-5-17(13)19(25)11-24/h2-9,12,19,25H,10-11H2,1H3. The average molecular weight is 351 g/mol. The highest BCUT2D eigenvalue weighted by Gasteiger charge is 2.27. The highest BCUT2D eigenvalue weighted by molar-refractivity contribution is 5.95. The van der Waals surface area contributed by atoms with Crippen molar-refractivity contribution < 1.29 is 14.3 Å². The molecule has 1 unspecified atom stereocenters. The first kappa shape index (κ1) is 16.5. The van der Waals surface area contributed by atoms with Gasteiger partial charge in [-0.15, -0.1) is 0 Å². The number of rotatable bonds is 2. The average Bonchev–Trinajstić information content (AvgIpc) is 3.06. The van der Waals surface area contributed by atoms with Crippen LogP contribution >= 0.6 is 0 Å². The number of carbonyl (C=O) groups is 1. The number of hydrogen-bond acceptors (Lipinski definition) is 3. The van der Waals surface area contributed by atoms with Gasteiger partial charge in [0.15, 0.2) is 0 Å². The van der Waals surface area contributed by atoms with Crippen molar-refractivity contribution in [2.24, 2.45) is 7.05 Å². The molecule has 1 N–H and O–H groups in total. The van der Waals surface area contributed by atoms with Crippen LogP contribution in [0.15, 0.2) is 55.0 Å². The Hall–Kier alpha value is -2.99. The molecular formula is C20H18FN3O2. The lowest BCUT2D eigenvalue weighted by atomic mass is 9.96. The molecule has 1 amide bonds. The first-order chi connectivity index (χ1) is 12.5. The molecule has 1 aliphatic rings. The van der Waals surface area contributed by atoms with E-state index in [2.05, 4.69) is 4.98 Å². The van der Waals surface area contributed by atoms with E-state index in [1.807, 2.05) is 31.3 Å². The molecule has 0 spiro atoms. The maximum Gasteiger partial charge on any atom is 0.254 e. The van der Waals surface area contributed by atoms with E-state index in [4.69, 9.17) is 0 Å². The summed E-state index contributed by atoms with van der Waals surface area (Å²) in [4.78, 5) is 18.5. The second kappa shape index (κ2) is 6.38. The van der Waals surface area contributed by atoms with Crippen molar-refractivity contribution >= 4 is 5.91 Å². The Bertz CT molecular complexity index is 983. The van der Waals surface area contributed by atoms with E-state index >= 15 is 0 Å². The number of carbonyl (C=O) groups excluding carboxylic acids is 1. The molecule has 3 aromatic rings. The van der Waals surface area contributed by atoms with Gasteiger partial charge in [0.2, 0.25) is 0 Å². The van der Waals surface area contributed by atoms with Crippen LogP contribution in [-0.4, -0.2) is 32.0 Å².